The van der Waals surface area contributed by atoms with Crippen LogP contribution in [0.15, 0.2) is 41.3 Å². The second kappa shape index (κ2) is 5.88. The van der Waals surface area contributed by atoms with E-state index in [2.05, 4.69) is 42.3 Å². The van der Waals surface area contributed by atoms with Crippen molar-refractivity contribution in [2.75, 3.05) is 19.3 Å². The Morgan fingerprint density at radius 3 is 2.89 bits per heavy atom. The van der Waals surface area contributed by atoms with E-state index in [4.69, 9.17) is 11.6 Å². The Labute approximate surface area is 127 Å². The van der Waals surface area contributed by atoms with Gasteiger partial charge in [-0.15, -0.1) is 23.1 Å². The molecule has 1 aliphatic rings. The smallest absolute Gasteiger partial charge is 0.0931 e. The lowest BCUT2D eigenvalue weighted by Crippen LogP contribution is -2.24. The monoisotopic (exact) mass is 309 g/mol. The molecule has 1 aromatic heterocycles. The van der Waals surface area contributed by atoms with Crippen molar-refractivity contribution in [3.8, 4) is 0 Å². The zero-order valence-corrected chi connectivity index (χ0v) is 13.2. The van der Waals surface area contributed by atoms with Gasteiger partial charge in [0.2, 0.25) is 0 Å². The van der Waals surface area contributed by atoms with Gasteiger partial charge in [0, 0.05) is 34.5 Å². The fourth-order valence-electron chi connectivity index (χ4n) is 2.52. The van der Waals surface area contributed by atoms with Crippen LogP contribution in [0, 0.1) is 0 Å². The van der Waals surface area contributed by atoms with Gasteiger partial charge in [0.1, 0.15) is 0 Å². The number of halogens is 1. The van der Waals surface area contributed by atoms with E-state index in [0.29, 0.717) is 5.92 Å². The average molecular weight is 310 g/mol. The number of hydrogen-bond donors (Lipinski definition) is 0. The van der Waals surface area contributed by atoms with Crippen LogP contribution in [0.1, 0.15) is 16.4 Å². The summed E-state index contributed by atoms with van der Waals surface area (Å²) in [6.07, 6.45) is 0. The predicted octanol–water partition coefficient (Wildman–Crippen LogP) is 4.72. The fraction of sp³-hybridized carbons (Fsp3) is 0.333. The number of thioether (sulfide) groups is 1. The van der Waals surface area contributed by atoms with Crippen molar-refractivity contribution in [2.45, 2.75) is 17.4 Å². The Morgan fingerprint density at radius 1 is 1.26 bits per heavy atom. The standard InChI is InChI=1S/C15H16ClNS2/c1-17(9-12-6-7-15(16)19-12)8-11-10-18-14-5-3-2-4-13(11)14/h2-7,11H,8-10H2,1H3. The number of thiophene rings is 1. The zero-order chi connectivity index (χ0) is 13.2. The van der Waals surface area contributed by atoms with E-state index in [9.17, 15) is 0 Å². The number of likely N-dealkylation sites (N-methyl/N-ethyl adjacent to an activating group) is 1. The van der Waals surface area contributed by atoms with Crippen molar-refractivity contribution in [3.63, 3.8) is 0 Å². The highest BCUT2D eigenvalue weighted by Crippen LogP contribution is 2.39. The van der Waals surface area contributed by atoms with Gasteiger partial charge in [0.05, 0.1) is 4.34 Å². The summed E-state index contributed by atoms with van der Waals surface area (Å²) in [7, 11) is 2.19. The van der Waals surface area contributed by atoms with E-state index >= 15 is 0 Å². The van der Waals surface area contributed by atoms with Crippen molar-refractivity contribution in [2.24, 2.45) is 0 Å². The Hall–Kier alpha value is -0.480. The van der Waals surface area contributed by atoms with Gasteiger partial charge in [-0.05, 0) is 30.8 Å². The highest BCUT2D eigenvalue weighted by Gasteiger charge is 2.23. The highest BCUT2D eigenvalue weighted by molar-refractivity contribution is 7.99. The number of nitrogens with zero attached hydrogens (tertiary/aromatic N) is 1. The number of benzene rings is 1. The molecule has 1 unspecified atom stereocenters. The SMILES string of the molecule is CN(Cc1ccc(Cl)s1)CC1CSc2ccccc21. The molecule has 100 valence electrons. The topological polar surface area (TPSA) is 3.24 Å². The van der Waals surface area contributed by atoms with E-state index in [1.807, 2.05) is 17.8 Å². The molecule has 1 aromatic carbocycles. The van der Waals surface area contributed by atoms with Crippen LogP contribution in [0.25, 0.3) is 0 Å². The van der Waals surface area contributed by atoms with Crippen molar-refractivity contribution in [1.29, 1.82) is 0 Å². The second-order valence-electron chi connectivity index (χ2n) is 4.95. The third kappa shape index (κ3) is 3.16. The van der Waals surface area contributed by atoms with Crippen LogP contribution in [-0.2, 0) is 6.54 Å². The molecule has 1 atom stereocenters. The van der Waals surface area contributed by atoms with E-state index in [1.165, 1.54) is 21.1 Å². The molecule has 0 bridgehead atoms. The van der Waals surface area contributed by atoms with Gasteiger partial charge in [0.15, 0.2) is 0 Å². The molecule has 0 fully saturated rings. The third-order valence-electron chi connectivity index (χ3n) is 3.39. The maximum Gasteiger partial charge on any atom is 0.0931 e. The quantitative estimate of drug-likeness (QED) is 0.803. The molecule has 1 nitrogen and oxygen atoms in total. The molecule has 2 heterocycles. The summed E-state index contributed by atoms with van der Waals surface area (Å²) in [6.45, 7) is 2.10. The lowest BCUT2D eigenvalue weighted by molar-refractivity contribution is 0.314. The van der Waals surface area contributed by atoms with E-state index < -0.39 is 0 Å². The lowest BCUT2D eigenvalue weighted by atomic mass is 10.0. The van der Waals surface area contributed by atoms with Crippen molar-refractivity contribution < 1.29 is 0 Å². The van der Waals surface area contributed by atoms with E-state index in [0.717, 1.165) is 17.4 Å². The Kier molecular flexibility index (Phi) is 4.18. The molecule has 19 heavy (non-hydrogen) atoms. The van der Waals surface area contributed by atoms with Crippen molar-refractivity contribution in [1.82, 2.24) is 4.90 Å². The molecule has 0 saturated carbocycles. The molecular weight excluding hydrogens is 294 g/mol. The summed E-state index contributed by atoms with van der Waals surface area (Å²) < 4.78 is 0.880. The Bertz CT molecular complexity index is 567. The highest BCUT2D eigenvalue weighted by atomic mass is 35.5. The minimum absolute atomic E-state index is 0.654. The molecule has 0 N–H and O–H groups in total. The largest absolute Gasteiger partial charge is 0.301 e. The van der Waals surface area contributed by atoms with Crippen molar-refractivity contribution in [3.05, 3.63) is 51.2 Å². The minimum atomic E-state index is 0.654. The van der Waals surface area contributed by atoms with Crippen LogP contribution in [0.5, 0.6) is 0 Å². The fourth-order valence-corrected chi connectivity index (χ4v) is 4.93. The summed E-state index contributed by atoms with van der Waals surface area (Å²) >= 11 is 9.64. The summed E-state index contributed by atoms with van der Waals surface area (Å²) in [5.74, 6) is 1.86. The van der Waals surface area contributed by atoms with Gasteiger partial charge in [-0.1, -0.05) is 29.8 Å². The van der Waals surface area contributed by atoms with Gasteiger partial charge in [-0.3, -0.25) is 0 Å². The average Bonchev–Trinajstić information content (AvgIpc) is 2.97. The van der Waals surface area contributed by atoms with Crippen LogP contribution in [0.2, 0.25) is 4.34 Å². The molecule has 0 saturated heterocycles. The van der Waals surface area contributed by atoms with Crippen LogP contribution < -0.4 is 0 Å². The summed E-state index contributed by atoms with van der Waals surface area (Å²) in [6, 6.07) is 12.9. The molecule has 2 aromatic rings. The normalized spacial score (nSPS) is 17.9. The van der Waals surface area contributed by atoms with Gasteiger partial charge in [-0.25, -0.2) is 0 Å². The summed E-state index contributed by atoms with van der Waals surface area (Å²) in [5.41, 5.74) is 1.52. The number of fused-ring (bicyclic) bond motifs is 1. The van der Waals surface area contributed by atoms with Crippen LogP contribution in [0.3, 0.4) is 0 Å². The summed E-state index contributed by atoms with van der Waals surface area (Å²) in [5, 5.41) is 0. The van der Waals surface area contributed by atoms with Crippen LogP contribution in [0.4, 0.5) is 0 Å². The molecule has 4 heteroatoms. The number of hydrogen-bond acceptors (Lipinski definition) is 3. The Balaban J connectivity index is 1.63. The number of rotatable bonds is 4. The lowest BCUT2D eigenvalue weighted by Gasteiger charge is -2.20. The minimum Gasteiger partial charge on any atom is -0.301 e. The zero-order valence-electron chi connectivity index (χ0n) is 10.8. The van der Waals surface area contributed by atoms with Gasteiger partial charge in [-0.2, -0.15) is 0 Å². The van der Waals surface area contributed by atoms with E-state index in [-0.39, 0.29) is 0 Å². The first-order chi connectivity index (χ1) is 9.22. The Morgan fingerprint density at radius 2 is 2.11 bits per heavy atom. The summed E-state index contributed by atoms with van der Waals surface area (Å²) in [4.78, 5) is 5.20. The maximum atomic E-state index is 5.98. The first-order valence-corrected chi connectivity index (χ1v) is 8.55. The van der Waals surface area contributed by atoms with Gasteiger partial charge >= 0.3 is 0 Å². The molecule has 3 rings (SSSR count). The third-order valence-corrected chi connectivity index (χ3v) is 5.85. The maximum absolute atomic E-state index is 5.98. The van der Waals surface area contributed by atoms with Crippen LogP contribution in [-0.4, -0.2) is 24.2 Å². The predicted molar refractivity (Wildman–Crippen MR) is 85.6 cm³/mol. The molecular formula is C15H16ClNS2. The first kappa shape index (κ1) is 13.5. The molecule has 0 spiro atoms. The second-order valence-corrected chi connectivity index (χ2v) is 7.81. The van der Waals surface area contributed by atoms with E-state index in [1.54, 1.807) is 11.3 Å². The molecule has 0 amide bonds. The van der Waals surface area contributed by atoms with Gasteiger partial charge < -0.3 is 4.90 Å². The molecule has 1 aliphatic heterocycles. The molecule has 0 radical (unpaired) electrons. The molecule has 0 aliphatic carbocycles. The van der Waals surface area contributed by atoms with Crippen molar-refractivity contribution >= 4 is 34.7 Å². The first-order valence-electron chi connectivity index (χ1n) is 6.37. The van der Waals surface area contributed by atoms with Crippen LogP contribution >= 0.6 is 34.7 Å². The van der Waals surface area contributed by atoms with Gasteiger partial charge in [0.25, 0.3) is 0 Å².